The molecule has 0 aliphatic heterocycles. The summed E-state index contributed by atoms with van der Waals surface area (Å²) in [5.41, 5.74) is 4.30. The number of carbonyl (C=O) groups excluding carboxylic acids is 1. The van der Waals surface area contributed by atoms with Crippen LogP contribution in [0.3, 0.4) is 0 Å². The third-order valence-corrected chi connectivity index (χ3v) is 4.42. The van der Waals surface area contributed by atoms with Gasteiger partial charge in [-0.3, -0.25) is 9.59 Å². The molecule has 22 heavy (non-hydrogen) atoms. The molecule has 1 fully saturated rings. The van der Waals surface area contributed by atoms with E-state index in [1.807, 2.05) is 0 Å². The molecular formula is C17H19N2O3. The summed E-state index contributed by atoms with van der Waals surface area (Å²) in [4.78, 5) is 24.4. The van der Waals surface area contributed by atoms with Gasteiger partial charge in [0, 0.05) is 5.39 Å². The monoisotopic (exact) mass is 299 g/mol. The number of hydrogen-bond acceptors (Lipinski definition) is 3. The van der Waals surface area contributed by atoms with Crippen LogP contribution in [-0.2, 0) is 6.54 Å². The Bertz CT molecular complexity index is 773. The van der Waals surface area contributed by atoms with Crippen LogP contribution in [0.15, 0.2) is 29.1 Å². The molecule has 0 bridgehead atoms. The van der Waals surface area contributed by atoms with Crippen molar-refractivity contribution in [3.63, 3.8) is 0 Å². The largest absolute Gasteiger partial charge is 0.388 e. The summed E-state index contributed by atoms with van der Waals surface area (Å²) in [6, 6.07) is 9.63. The highest BCUT2D eigenvalue weighted by Gasteiger charge is 2.31. The van der Waals surface area contributed by atoms with Crippen LogP contribution in [0.25, 0.3) is 10.8 Å². The average molecular weight is 299 g/mol. The average Bonchev–Trinajstić information content (AvgIpc) is 2.50. The van der Waals surface area contributed by atoms with Crippen LogP contribution >= 0.6 is 0 Å². The van der Waals surface area contributed by atoms with Crippen molar-refractivity contribution >= 4 is 16.7 Å². The van der Waals surface area contributed by atoms with Gasteiger partial charge in [0.05, 0.1) is 12.1 Å². The molecule has 1 saturated carbocycles. The van der Waals surface area contributed by atoms with E-state index < -0.39 is 11.5 Å². The van der Waals surface area contributed by atoms with Gasteiger partial charge in [0.25, 0.3) is 11.5 Å². The fourth-order valence-electron chi connectivity index (χ4n) is 3.25. The van der Waals surface area contributed by atoms with Gasteiger partial charge in [-0.25, -0.2) is 0 Å². The molecule has 3 rings (SSSR count). The zero-order valence-corrected chi connectivity index (χ0v) is 12.3. The highest BCUT2D eigenvalue weighted by atomic mass is 16.3. The van der Waals surface area contributed by atoms with Gasteiger partial charge in [-0.1, -0.05) is 31.4 Å². The highest BCUT2D eigenvalue weighted by molar-refractivity contribution is 5.95. The van der Waals surface area contributed by atoms with E-state index in [0.717, 1.165) is 19.3 Å². The van der Waals surface area contributed by atoms with Gasteiger partial charge in [-0.2, -0.15) is 0 Å². The SMILES string of the molecule is NC(=O)c1cc2[c]cccc2c(=O)n1CC1(O)CCCCC1. The van der Waals surface area contributed by atoms with Gasteiger partial charge in [0.15, 0.2) is 0 Å². The Morgan fingerprint density at radius 1 is 1.36 bits per heavy atom. The lowest BCUT2D eigenvalue weighted by atomic mass is 9.84. The van der Waals surface area contributed by atoms with Crippen LogP contribution in [0.1, 0.15) is 42.6 Å². The molecule has 0 spiro atoms. The molecule has 2 aromatic rings. The summed E-state index contributed by atoms with van der Waals surface area (Å²) in [5.74, 6) is -0.671. The number of nitrogens with zero attached hydrogens (tertiary/aromatic N) is 1. The summed E-state index contributed by atoms with van der Waals surface area (Å²) in [5, 5.41) is 11.7. The minimum Gasteiger partial charge on any atom is -0.388 e. The van der Waals surface area contributed by atoms with Gasteiger partial charge in [0.1, 0.15) is 5.69 Å². The quantitative estimate of drug-likeness (QED) is 0.902. The molecule has 1 aromatic carbocycles. The lowest BCUT2D eigenvalue weighted by Crippen LogP contribution is -2.42. The molecule has 3 N–H and O–H groups in total. The van der Waals surface area contributed by atoms with Crippen LogP contribution in [0.5, 0.6) is 0 Å². The third kappa shape index (κ3) is 2.64. The second kappa shape index (κ2) is 5.57. The van der Waals surface area contributed by atoms with Crippen LogP contribution in [0, 0.1) is 6.07 Å². The summed E-state index contributed by atoms with van der Waals surface area (Å²) >= 11 is 0. The lowest BCUT2D eigenvalue weighted by Gasteiger charge is -2.33. The maximum atomic E-state index is 12.7. The summed E-state index contributed by atoms with van der Waals surface area (Å²) < 4.78 is 1.32. The van der Waals surface area contributed by atoms with E-state index in [9.17, 15) is 14.7 Å². The Morgan fingerprint density at radius 3 is 2.77 bits per heavy atom. The fraction of sp³-hybridized carbons (Fsp3) is 0.412. The van der Waals surface area contributed by atoms with E-state index in [4.69, 9.17) is 5.73 Å². The standard InChI is InChI=1S/C17H19N2O3/c18-15(20)14-10-12-6-2-3-7-13(12)16(21)19(14)11-17(22)8-4-1-5-9-17/h2-3,7,10,22H,1,4-5,8-9,11H2,(H2,18,20). The first kappa shape index (κ1) is 14.8. The second-order valence-electron chi connectivity index (χ2n) is 6.07. The number of primary amides is 1. The Labute approximate surface area is 128 Å². The molecule has 1 heterocycles. The zero-order chi connectivity index (χ0) is 15.7. The van der Waals surface area contributed by atoms with Crippen LogP contribution < -0.4 is 11.3 Å². The summed E-state index contributed by atoms with van der Waals surface area (Å²) in [7, 11) is 0. The van der Waals surface area contributed by atoms with E-state index >= 15 is 0 Å². The topological polar surface area (TPSA) is 85.3 Å². The summed E-state index contributed by atoms with van der Waals surface area (Å²) in [6.45, 7) is 0.106. The molecule has 1 aliphatic rings. The molecule has 5 heteroatoms. The maximum Gasteiger partial charge on any atom is 0.265 e. The first-order valence-electron chi connectivity index (χ1n) is 7.57. The number of aromatic nitrogens is 1. The molecule has 0 saturated heterocycles. The Kier molecular flexibility index (Phi) is 3.74. The molecule has 1 radical (unpaired) electrons. The minimum absolute atomic E-state index is 0.106. The predicted octanol–water partition coefficient (Wildman–Crippen LogP) is 1.60. The van der Waals surface area contributed by atoms with Crippen molar-refractivity contribution < 1.29 is 9.90 Å². The van der Waals surface area contributed by atoms with Crippen molar-refractivity contribution in [3.05, 3.63) is 46.4 Å². The van der Waals surface area contributed by atoms with Gasteiger partial charge in [-0.05, 0) is 36.4 Å². The highest BCUT2D eigenvalue weighted by Crippen LogP contribution is 2.29. The number of carbonyl (C=O) groups is 1. The first-order chi connectivity index (χ1) is 10.5. The first-order valence-corrected chi connectivity index (χ1v) is 7.57. The van der Waals surface area contributed by atoms with Crippen LogP contribution in [-0.4, -0.2) is 21.2 Å². The van der Waals surface area contributed by atoms with Crippen molar-refractivity contribution in [1.82, 2.24) is 4.57 Å². The number of fused-ring (bicyclic) bond motifs is 1. The van der Waals surface area contributed by atoms with Crippen molar-refractivity contribution in [1.29, 1.82) is 0 Å². The van der Waals surface area contributed by atoms with E-state index in [2.05, 4.69) is 6.07 Å². The number of rotatable bonds is 3. The number of hydrogen-bond donors (Lipinski definition) is 2. The maximum absolute atomic E-state index is 12.7. The van der Waals surface area contributed by atoms with E-state index in [1.165, 1.54) is 4.57 Å². The predicted molar refractivity (Wildman–Crippen MR) is 83.6 cm³/mol. The van der Waals surface area contributed by atoms with Gasteiger partial charge in [0.2, 0.25) is 0 Å². The van der Waals surface area contributed by atoms with E-state index in [0.29, 0.717) is 23.6 Å². The second-order valence-corrected chi connectivity index (χ2v) is 6.07. The molecule has 1 aromatic heterocycles. The van der Waals surface area contributed by atoms with Crippen molar-refractivity contribution in [2.45, 2.75) is 44.2 Å². The lowest BCUT2D eigenvalue weighted by molar-refractivity contribution is -0.0125. The Hall–Kier alpha value is -2.14. The molecule has 0 unspecified atom stereocenters. The van der Waals surface area contributed by atoms with Gasteiger partial charge >= 0.3 is 0 Å². The van der Waals surface area contributed by atoms with Gasteiger partial charge < -0.3 is 15.4 Å². The number of benzene rings is 1. The van der Waals surface area contributed by atoms with Crippen LogP contribution in [0.2, 0.25) is 0 Å². The van der Waals surface area contributed by atoms with E-state index in [1.54, 1.807) is 24.3 Å². The number of nitrogens with two attached hydrogens (primary N) is 1. The Balaban J connectivity index is 2.14. The smallest absolute Gasteiger partial charge is 0.265 e. The number of aliphatic hydroxyl groups is 1. The third-order valence-electron chi connectivity index (χ3n) is 4.42. The number of amides is 1. The normalized spacial score (nSPS) is 17.5. The number of pyridine rings is 1. The van der Waals surface area contributed by atoms with Crippen molar-refractivity contribution in [2.75, 3.05) is 0 Å². The minimum atomic E-state index is -0.946. The molecular weight excluding hydrogens is 280 g/mol. The molecule has 115 valence electrons. The zero-order valence-electron chi connectivity index (χ0n) is 12.3. The fourth-order valence-corrected chi connectivity index (χ4v) is 3.25. The van der Waals surface area contributed by atoms with Crippen LogP contribution in [0.4, 0.5) is 0 Å². The Morgan fingerprint density at radius 2 is 2.09 bits per heavy atom. The molecule has 0 atom stereocenters. The molecule has 1 amide bonds. The van der Waals surface area contributed by atoms with Crippen molar-refractivity contribution in [3.8, 4) is 0 Å². The summed E-state index contributed by atoms with van der Waals surface area (Å²) in [6.07, 6.45) is 4.22. The van der Waals surface area contributed by atoms with E-state index in [-0.39, 0.29) is 17.8 Å². The molecule has 1 aliphatic carbocycles. The van der Waals surface area contributed by atoms with Crippen molar-refractivity contribution in [2.24, 2.45) is 5.73 Å². The molecule has 5 nitrogen and oxygen atoms in total. The van der Waals surface area contributed by atoms with Gasteiger partial charge in [-0.15, -0.1) is 0 Å².